The number of carbonyl (C=O) groups is 4. The van der Waals surface area contributed by atoms with Crippen LogP contribution in [0.5, 0.6) is 5.75 Å². The third kappa shape index (κ3) is 7.24. The zero-order valence-corrected chi connectivity index (χ0v) is 18.2. The molecule has 10 heteroatoms. The van der Waals surface area contributed by atoms with Crippen molar-refractivity contribution in [2.75, 3.05) is 23.1 Å². The monoisotopic (exact) mass is 439 g/mol. The minimum Gasteiger partial charge on any atom is -0.495 e. The summed E-state index contributed by atoms with van der Waals surface area (Å²) in [4.78, 5) is 47.7. The molecule has 4 N–H and O–H groups in total. The van der Waals surface area contributed by atoms with Gasteiger partial charge in [0.25, 0.3) is 0 Å². The first-order chi connectivity index (χ1) is 15.2. The first-order valence-corrected chi connectivity index (χ1v) is 9.65. The number of benzene rings is 2. The van der Waals surface area contributed by atoms with Crippen LogP contribution in [0, 0.1) is 6.92 Å². The van der Waals surface area contributed by atoms with Crippen LogP contribution in [0.3, 0.4) is 0 Å². The number of hydrogen-bond acceptors (Lipinski definition) is 6. The highest BCUT2D eigenvalue weighted by Gasteiger charge is 2.16. The lowest BCUT2D eigenvalue weighted by molar-refractivity contribution is -0.136. The second-order valence-corrected chi connectivity index (χ2v) is 6.90. The molecule has 2 rings (SSSR count). The van der Waals surface area contributed by atoms with Crippen molar-refractivity contribution in [3.8, 4) is 5.75 Å². The first kappa shape index (κ1) is 24.1. The molecule has 0 saturated carbocycles. The summed E-state index contributed by atoms with van der Waals surface area (Å²) in [5, 5.41) is 11.5. The van der Waals surface area contributed by atoms with Crippen LogP contribution in [0.2, 0.25) is 0 Å². The number of ether oxygens (including phenoxy) is 1. The average molecular weight is 439 g/mol. The SMILES string of the molecule is COc1ccc(C)cc1NC(=O)C(=O)N/N=C(/C)CC(=O)Nc1ccccc1NC(C)=O. The van der Waals surface area contributed by atoms with Crippen molar-refractivity contribution in [1.29, 1.82) is 0 Å². The molecule has 32 heavy (non-hydrogen) atoms. The predicted octanol–water partition coefficient (Wildman–Crippen LogP) is 2.42. The number of hydrazone groups is 1. The second-order valence-electron chi connectivity index (χ2n) is 6.90. The number of nitrogens with zero attached hydrogens (tertiary/aromatic N) is 1. The van der Waals surface area contributed by atoms with Crippen molar-refractivity contribution in [2.24, 2.45) is 5.10 Å². The smallest absolute Gasteiger partial charge is 0.329 e. The van der Waals surface area contributed by atoms with E-state index >= 15 is 0 Å². The summed E-state index contributed by atoms with van der Waals surface area (Å²) < 4.78 is 5.16. The molecule has 2 aromatic rings. The Bertz CT molecular complexity index is 1060. The summed E-state index contributed by atoms with van der Waals surface area (Å²) in [5.74, 6) is -2.20. The third-order valence-corrected chi connectivity index (χ3v) is 4.09. The van der Waals surface area contributed by atoms with E-state index in [4.69, 9.17) is 4.74 Å². The first-order valence-electron chi connectivity index (χ1n) is 9.65. The van der Waals surface area contributed by atoms with Gasteiger partial charge in [-0.05, 0) is 43.7 Å². The molecule has 0 aliphatic rings. The maximum atomic E-state index is 12.3. The fourth-order valence-corrected chi connectivity index (χ4v) is 2.65. The van der Waals surface area contributed by atoms with E-state index in [1.807, 2.05) is 13.0 Å². The van der Waals surface area contributed by atoms with E-state index < -0.39 is 17.7 Å². The van der Waals surface area contributed by atoms with Crippen molar-refractivity contribution in [3.05, 3.63) is 48.0 Å². The molecule has 0 aromatic heterocycles. The van der Waals surface area contributed by atoms with Crippen molar-refractivity contribution in [2.45, 2.75) is 27.2 Å². The zero-order valence-electron chi connectivity index (χ0n) is 18.2. The Kier molecular flexibility index (Phi) is 8.46. The van der Waals surface area contributed by atoms with Gasteiger partial charge in [0, 0.05) is 12.6 Å². The number of aryl methyl sites for hydroxylation is 1. The Morgan fingerprint density at radius 3 is 2.16 bits per heavy atom. The van der Waals surface area contributed by atoms with Gasteiger partial charge in [-0.15, -0.1) is 0 Å². The molecule has 0 atom stereocenters. The van der Waals surface area contributed by atoms with Gasteiger partial charge in [0.05, 0.1) is 30.6 Å². The van der Waals surface area contributed by atoms with Gasteiger partial charge >= 0.3 is 11.8 Å². The average Bonchev–Trinajstić information content (AvgIpc) is 2.73. The van der Waals surface area contributed by atoms with Gasteiger partial charge < -0.3 is 20.7 Å². The normalized spacial score (nSPS) is 10.7. The summed E-state index contributed by atoms with van der Waals surface area (Å²) in [6.45, 7) is 4.73. The summed E-state index contributed by atoms with van der Waals surface area (Å²) >= 11 is 0. The van der Waals surface area contributed by atoms with E-state index in [1.54, 1.807) is 36.4 Å². The molecule has 0 aliphatic carbocycles. The van der Waals surface area contributed by atoms with E-state index in [1.165, 1.54) is 21.0 Å². The molecular weight excluding hydrogens is 414 g/mol. The van der Waals surface area contributed by atoms with Crippen molar-refractivity contribution in [3.63, 3.8) is 0 Å². The number of carbonyl (C=O) groups excluding carboxylic acids is 4. The maximum Gasteiger partial charge on any atom is 0.329 e. The molecule has 10 nitrogen and oxygen atoms in total. The Hall–Kier alpha value is -4.21. The summed E-state index contributed by atoms with van der Waals surface area (Å²) in [7, 11) is 1.45. The number of amides is 4. The van der Waals surface area contributed by atoms with Gasteiger partial charge in [0.1, 0.15) is 5.75 Å². The standard InChI is InChI=1S/C22H25N5O5/c1-13-9-10-19(32-4)18(11-13)25-21(30)22(31)27-26-14(2)12-20(29)24-17-8-6-5-7-16(17)23-15(3)28/h5-11H,12H2,1-4H3,(H,23,28)(H,24,29)(H,25,30)(H,27,31)/b26-14-. The van der Waals surface area contributed by atoms with Crippen LogP contribution in [0.1, 0.15) is 25.8 Å². The lowest BCUT2D eigenvalue weighted by Gasteiger charge is -2.11. The van der Waals surface area contributed by atoms with E-state index in [9.17, 15) is 19.2 Å². The molecule has 0 spiro atoms. The van der Waals surface area contributed by atoms with Crippen LogP contribution >= 0.6 is 0 Å². The molecule has 0 fully saturated rings. The van der Waals surface area contributed by atoms with Gasteiger partial charge in [-0.1, -0.05) is 18.2 Å². The van der Waals surface area contributed by atoms with Crippen LogP contribution in [0.4, 0.5) is 17.1 Å². The van der Waals surface area contributed by atoms with E-state index in [-0.39, 0.29) is 18.0 Å². The van der Waals surface area contributed by atoms with Gasteiger partial charge in [0.2, 0.25) is 11.8 Å². The van der Waals surface area contributed by atoms with E-state index in [0.717, 1.165) is 5.56 Å². The van der Waals surface area contributed by atoms with E-state index in [2.05, 4.69) is 26.5 Å². The molecule has 0 radical (unpaired) electrons. The van der Waals surface area contributed by atoms with Crippen molar-refractivity contribution in [1.82, 2.24) is 5.43 Å². The fraction of sp³-hybridized carbons (Fsp3) is 0.227. The fourth-order valence-electron chi connectivity index (χ4n) is 2.65. The van der Waals surface area contributed by atoms with Crippen molar-refractivity contribution >= 4 is 46.4 Å². The van der Waals surface area contributed by atoms with Gasteiger partial charge in [-0.3, -0.25) is 19.2 Å². The van der Waals surface area contributed by atoms with Crippen molar-refractivity contribution < 1.29 is 23.9 Å². The van der Waals surface area contributed by atoms with E-state index in [0.29, 0.717) is 22.8 Å². The highest BCUT2D eigenvalue weighted by molar-refractivity contribution is 6.39. The summed E-state index contributed by atoms with van der Waals surface area (Å²) in [6.07, 6.45) is -0.137. The third-order valence-electron chi connectivity index (χ3n) is 4.09. The van der Waals surface area contributed by atoms with Crippen LogP contribution in [0.25, 0.3) is 0 Å². The second kappa shape index (κ2) is 11.3. The minimum absolute atomic E-state index is 0.137. The Balaban J connectivity index is 1.93. The highest BCUT2D eigenvalue weighted by atomic mass is 16.5. The molecule has 4 amide bonds. The summed E-state index contributed by atoms with van der Waals surface area (Å²) in [5.41, 5.74) is 4.51. The molecule has 0 saturated heterocycles. The van der Waals surface area contributed by atoms with Gasteiger partial charge in [-0.2, -0.15) is 5.10 Å². The number of methoxy groups -OCH3 is 1. The lowest BCUT2D eigenvalue weighted by atomic mass is 10.2. The molecule has 168 valence electrons. The minimum atomic E-state index is -0.996. The largest absolute Gasteiger partial charge is 0.495 e. The van der Waals surface area contributed by atoms with Crippen LogP contribution in [0.15, 0.2) is 47.6 Å². The number of rotatable bonds is 7. The lowest BCUT2D eigenvalue weighted by Crippen LogP contribution is -2.33. The van der Waals surface area contributed by atoms with Crippen LogP contribution in [-0.4, -0.2) is 36.5 Å². The van der Waals surface area contributed by atoms with Gasteiger partial charge in [-0.25, -0.2) is 5.43 Å². The number of para-hydroxylation sites is 2. The van der Waals surface area contributed by atoms with Crippen LogP contribution < -0.4 is 26.1 Å². The molecule has 2 aromatic carbocycles. The molecule has 0 bridgehead atoms. The highest BCUT2D eigenvalue weighted by Crippen LogP contribution is 2.25. The number of anilines is 3. The molecular formula is C22H25N5O5. The molecule has 0 unspecified atom stereocenters. The Morgan fingerprint density at radius 2 is 1.53 bits per heavy atom. The zero-order chi connectivity index (χ0) is 23.7. The number of nitrogens with one attached hydrogen (secondary N) is 4. The Labute approximate surface area is 185 Å². The summed E-state index contributed by atoms with van der Waals surface area (Å²) in [6, 6.07) is 11.9. The number of hydrogen-bond donors (Lipinski definition) is 4. The predicted molar refractivity (Wildman–Crippen MR) is 122 cm³/mol. The topological polar surface area (TPSA) is 138 Å². The quantitative estimate of drug-likeness (QED) is 0.298. The molecule has 0 aliphatic heterocycles. The maximum absolute atomic E-state index is 12.3. The Morgan fingerprint density at radius 1 is 0.875 bits per heavy atom. The van der Waals surface area contributed by atoms with Gasteiger partial charge in [0.15, 0.2) is 0 Å². The van der Waals surface area contributed by atoms with Crippen LogP contribution in [-0.2, 0) is 19.2 Å². The molecule has 0 heterocycles.